The largest absolute Gasteiger partial charge is 0.394 e. The van der Waals surface area contributed by atoms with E-state index in [0.717, 1.165) is 0 Å². The van der Waals surface area contributed by atoms with E-state index in [1.54, 1.807) is 11.0 Å². The van der Waals surface area contributed by atoms with Gasteiger partial charge in [0.05, 0.1) is 25.2 Å². The predicted molar refractivity (Wildman–Crippen MR) is 73.1 cm³/mol. The van der Waals surface area contributed by atoms with Crippen LogP contribution in [0, 0.1) is 5.82 Å². The Morgan fingerprint density at radius 2 is 2.30 bits per heavy atom. The lowest BCUT2D eigenvalue weighted by molar-refractivity contribution is -0.146. The molecule has 20 heavy (non-hydrogen) atoms. The van der Waals surface area contributed by atoms with Crippen LogP contribution in [0.25, 0.3) is 0 Å². The van der Waals surface area contributed by atoms with Gasteiger partial charge in [-0.25, -0.2) is 4.39 Å². The van der Waals surface area contributed by atoms with E-state index in [1.807, 2.05) is 6.92 Å². The SMILES string of the molecule is CC1CN(C(=O)Cc2c(F)cccc2Cl)CC(CO)O1. The predicted octanol–water partition coefficient (Wildman–Crippen LogP) is 1.63. The maximum atomic E-state index is 13.7. The van der Waals surface area contributed by atoms with Crippen LogP contribution >= 0.6 is 11.6 Å². The Labute approximate surface area is 122 Å². The minimum absolute atomic E-state index is 0.0869. The number of aliphatic hydroxyl groups is 1. The van der Waals surface area contributed by atoms with Crippen molar-refractivity contribution in [1.82, 2.24) is 4.90 Å². The van der Waals surface area contributed by atoms with Crippen LogP contribution in [-0.4, -0.2) is 47.8 Å². The van der Waals surface area contributed by atoms with Crippen molar-refractivity contribution in [3.63, 3.8) is 0 Å². The van der Waals surface area contributed by atoms with Crippen molar-refractivity contribution >= 4 is 17.5 Å². The Morgan fingerprint density at radius 1 is 1.55 bits per heavy atom. The highest BCUT2D eigenvalue weighted by atomic mass is 35.5. The van der Waals surface area contributed by atoms with Crippen molar-refractivity contribution in [1.29, 1.82) is 0 Å². The molecule has 110 valence electrons. The highest BCUT2D eigenvalue weighted by Crippen LogP contribution is 2.21. The lowest BCUT2D eigenvalue weighted by Gasteiger charge is -2.36. The zero-order chi connectivity index (χ0) is 14.7. The van der Waals surface area contributed by atoms with Gasteiger partial charge in [-0.1, -0.05) is 17.7 Å². The highest BCUT2D eigenvalue weighted by Gasteiger charge is 2.28. The number of halogens is 2. The third-order valence-corrected chi connectivity index (χ3v) is 3.63. The third kappa shape index (κ3) is 3.48. The van der Waals surface area contributed by atoms with Crippen molar-refractivity contribution in [2.75, 3.05) is 19.7 Å². The first-order chi connectivity index (χ1) is 9.51. The molecular formula is C14H17ClFNO3. The number of carbonyl (C=O) groups is 1. The van der Waals surface area contributed by atoms with Crippen molar-refractivity contribution in [3.8, 4) is 0 Å². The van der Waals surface area contributed by atoms with Gasteiger partial charge in [0.1, 0.15) is 5.82 Å². The number of morpholine rings is 1. The third-order valence-electron chi connectivity index (χ3n) is 3.27. The summed E-state index contributed by atoms with van der Waals surface area (Å²) >= 11 is 5.92. The molecule has 0 aromatic heterocycles. The molecule has 1 fully saturated rings. The van der Waals surface area contributed by atoms with Gasteiger partial charge >= 0.3 is 0 Å². The first kappa shape index (κ1) is 15.2. The van der Waals surface area contributed by atoms with Gasteiger partial charge in [-0.05, 0) is 19.1 Å². The molecular weight excluding hydrogens is 285 g/mol. The minimum atomic E-state index is -0.481. The minimum Gasteiger partial charge on any atom is -0.394 e. The van der Waals surface area contributed by atoms with Crippen LogP contribution in [0.15, 0.2) is 18.2 Å². The number of carbonyl (C=O) groups excluding carboxylic acids is 1. The molecule has 2 atom stereocenters. The molecule has 6 heteroatoms. The molecule has 1 aromatic rings. The van der Waals surface area contributed by atoms with Gasteiger partial charge in [-0.2, -0.15) is 0 Å². The topological polar surface area (TPSA) is 49.8 Å². The molecule has 0 aliphatic carbocycles. The van der Waals surface area contributed by atoms with Crippen LogP contribution in [0.3, 0.4) is 0 Å². The number of aliphatic hydroxyl groups excluding tert-OH is 1. The molecule has 1 heterocycles. The zero-order valence-corrected chi connectivity index (χ0v) is 11.9. The summed E-state index contributed by atoms with van der Waals surface area (Å²) < 4.78 is 19.1. The first-order valence-corrected chi connectivity index (χ1v) is 6.86. The molecule has 1 aliphatic rings. The molecule has 2 unspecified atom stereocenters. The Balaban J connectivity index is 2.08. The number of hydrogen-bond acceptors (Lipinski definition) is 3. The number of hydrogen-bond donors (Lipinski definition) is 1. The van der Waals surface area contributed by atoms with Crippen LogP contribution in [0.5, 0.6) is 0 Å². The summed E-state index contributed by atoms with van der Waals surface area (Å²) in [6.07, 6.45) is -0.629. The summed E-state index contributed by atoms with van der Waals surface area (Å²) in [6.45, 7) is 2.43. The van der Waals surface area contributed by atoms with E-state index in [2.05, 4.69) is 0 Å². The van der Waals surface area contributed by atoms with Gasteiger partial charge in [0.15, 0.2) is 0 Å². The number of amides is 1. The number of benzene rings is 1. The molecule has 2 rings (SSSR count). The van der Waals surface area contributed by atoms with Crippen LogP contribution in [0.1, 0.15) is 12.5 Å². The maximum Gasteiger partial charge on any atom is 0.227 e. The normalized spacial score (nSPS) is 22.9. The van der Waals surface area contributed by atoms with Crippen LogP contribution in [0.2, 0.25) is 5.02 Å². The van der Waals surface area contributed by atoms with Gasteiger partial charge < -0.3 is 14.7 Å². The van der Waals surface area contributed by atoms with Gasteiger partial charge in [-0.3, -0.25) is 4.79 Å². The molecule has 4 nitrogen and oxygen atoms in total. The maximum absolute atomic E-state index is 13.7. The Morgan fingerprint density at radius 3 is 2.95 bits per heavy atom. The Hall–Kier alpha value is -1.17. The summed E-state index contributed by atoms with van der Waals surface area (Å²) in [5, 5.41) is 9.39. The van der Waals surface area contributed by atoms with E-state index in [4.69, 9.17) is 21.4 Å². The number of ether oxygens (including phenoxy) is 1. The molecule has 0 saturated carbocycles. The van der Waals surface area contributed by atoms with Gasteiger partial charge in [0.25, 0.3) is 0 Å². The lowest BCUT2D eigenvalue weighted by atomic mass is 10.1. The molecule has 0 bridgehead atoms. The molecule has 1 amide bonds. The quantitative estimate of drug-likeness (QED) is 0.923. The smallest absolute Gasteiger partial charge is 0.227 e. The fourth-order valence-corrected chi connectivity index (χ4v) is 2.54. The summed E-state index contributed by atoms with van der Waals surface area (Å²) in [6, 6.07) is 4.35. The molecule has 1 N–H and O–H groups in total. The fraction of sp³-hybridized carbons (Fsp3) is 0.500. The van der Waals surface area contributed by atoms with E-state index >= 15 is 0 Å². The summed E-state index contributed by atoms with van der Waals surface area (Å²) in [5.74, 6) is -0.698. The second-order valence-corrected chi connectivity index (χ2v) is 5.33. The summed E-state index contributed by atoms with van der Waals surface area (Å²) in [4.78, 5) is 13.8. The first-order valence-electron chi connectivity index (χ1n) is 6.48. The van der Waals surface area contributed by atoms with Crippen molar-refractivity contribution < 1.29 is 19.0 Å². The molecule has 0 radical (unpaired) electrons. The summed E-state index contributed by atoms with van der Waals surface area (Å²) in [7, 11) is 0. The second kappa shape index (κ2) is 6.52. The van der Waals surface area contributed by atoms with E-state index < -0.39 is 11.9 Å². The highest BCUT2D eigenvalue weighted by molar-refractivity contribution is 6.31. The average molecular weight is 302 g/mol. The molecule has 1 aromatic carbocycles. The fourth-order valence-electron chi connectivity index (χ4n) is 2.31. The molecule has 1 saturated heterocycles. The Kier molecular flexibility index (Phi) is 4.96. The standard InChI is InChI=1S/C14H17ClFNO3/c1-9-6-17(7-10(8-18)20-9)14(19)5-11-12(15)3-2-4-13(11)16/h2-4,9-10,18H,5-8H2,1H3. The number of nitrogens with zero attached hydrogens (tertiary/aromatic N) is 1. The van der Waals surface area contributed by atoms with Gasteiger partial charge in [0.2, 0.25) is 5.91 Å². The van der Waals surface area contributed by atoms with Crippen molar-refractivity contribution in [2.24, 2.45) is 0 Å². The van der Waals surface area contributed by atoms with Crippen molar-refractivity contribution in [3.05, 3.63) is 34.6 Å². The van der Waals surface area contributed by atoms with Gasteiger partial charge in [-0.15, -0.1) is 0 Å². The monoisotopic (exact) mass is 301 g/mol. The van der Waals surface area contributed by atoms with E-state index in [9.17, 15) is 9.18 Å². The Bertz CT molecular complexity index is 477. The average Bonchev–Trinajstić information content (AvgIpc) is 2.42. The van der Waals surface area contributed by atoms with Crippen molar-refractivity contribution in [2.45, 2.75) is 25.6 Å². The summed E-state index contributed by atoms with van der Waals surface area (Å²) in [5.41, 5.74) is 0.207. The number of rotatable bonds is 3. The molecule has 0 spiro atoms. The van der Waals surface area contributed by atoms with E-state index in [1.165, 1.54) is 12.1 Å². The van der Waals surface area contributed by atoms with E-state index in [0.29, 0.717) is 13.1 Å². The lowest BCUT2D eigenvalue weighted by Crippen LogP contribution is -2.50. The molecule has 1 aliphatic heterocycles. The van der Waals surface area contributed by atoms with E-state index in [-0.39, 0.29) is 35.6 Å². The zero-order valence-electron chi connectivity index (χ0n) is 11.2. The van der Waals surface area contributed by atoms with Crippen LogP contribution in [0.4, 0.5) is 4.39 Å². The van der Waals surface area contributed by atoms with Crippen LogP contribution in [-0.2, 0) is 16.0 Å². The second-order valence-electron chi connectivity index (χ2n) is 4.93. The van der Waals surface area contributed by atoms with Crippen LogP contribution < -0.4 is 0 Å². The van der Waals surface area contributed by atoms with Gasteiger partial charge in [0, 0.05) is 23.7 Å².